The van der Waals surface area contributed by atoms with Gasteiger partial charge in [-0.2, -0.15) is 0 Å². The van der Waals surface area contributed by atoms with Crippen molar-refractivity contribution in [2.45, 2.75) is 26.4 Å². The molecule has 2 rings (SSSR count). The summed E-state index contributed by atoms with van der Waals surface area (Å²) in [6, 6.07) is 7.85. The maximum absolute atomic E-state index is 12.1. The lowest BCUT2D eigenvalue weighted by atomic mass is 10.1. The van der Waals surface area contributed by atoms with E-state index in [0.717, 1.165) is 50.6 Å². The molecule has 0 aliphatic carbocycles. The second-order valence-electron chi connectivity index (χ2n) is 5.47. The molecule has 0 aromatic heterocycles. The Morgan fingerprint density at radius 1 is 1.36 bits per heavy atom. The van der Waals surface area contributed by atoms with E-state index in [1.54, 1.807) is 6.92 Å². The molecular formula is C17H26N2O3. The number of ether oxygens (including phenoxy) is 2. The van der Waals surface area contributed by atoms with Gasteiger partial charge in [-0.15, -0.1) is 0 Å². The number of morpholine rings is 1. The van der Waals surface area contributed by atoms with Crippen molar-refractivity contribution in [2.75, 3.05) is 39.4 Å². The maximum Gasteiger partial charge on any atom is 0.260 e. The standard InChI is InChI=1S/C17H26N2O3/c1-3-15-6-4-5-7-16(15)22-14(2)17(20)18-8-9-19-10-12-21-13-11-19/h4-7,14H,3,8-13H2,1-2H3,(H,18,20)/t14-/m1/s1. The molecule has 1 saturated heterocycles. The van der Waals surface area contributed by atoms with Crippen LogP contribution in [0.2, 0.25) is 0 Å². The number of carbonyl (C=O) groups excluding carboxylic acids is 1. The zero-order chi connectivity index (χ0) is 15.8. The minimum absolute atomic E-state index is 0.0702. The minimum Gasteiger partial charge on any atom is -0.481 e. The Balaban J connectivity index is 1.74. The SMILES string of the molecule is CCc1ccccc1O[C@H](C)C(=O)NCCN1CCOCC1. The zero-order valence-corrected chi connectivity index (χ0v) is 13.5. The number of hydrogen-bond acceptors (Lipinski definition) is 4. The van der Waals surface area contributed by atoms with E-state index < -0.39 is 6.10 Å². The van der Waals surface area contributed by atoms with Crippen LogP contribution in [0.1, 0.15) is 19.4 Å². The average Bonchev–Trinajstić information content (AvgIpc) is 2.56. The molecule has 0 spiro atoms. The molecule has 22 heavy (non-hydrogen) atoms. The zero-order valence-electron chi connectivity index (χ0n) is 13.5. The number of benzene rings is 1. The first-order valence-electron chi connectivity index (χ1n) is 8.03. The normalized spacial score (nSPS) is 17.0. The molecule has 1 aromatic carbocycles. The smallest absolute Gasteiger partial charge is 0.260 e. The molecule has 0 radical (unpaired) electrons. The number of amides is 1. The van der Waals surface area contributed by atoms with Crippen molar-refractivity contribution in [1.82, 2.24) is 10.2 Å². The second kappa shape index (κ2) is 8.76. The number of carbonyl (C=O) groups is 1. The van der Waals surface area contributed by atoms with Crippen LogP contribution in [0.5, 0.6) is 5.75 Å². The van der Waals surface area contributed by atoms with Gasteiger partial charge in [0.15, 0.2) is 6.10 Å². The number of hydrogen-bond donors (Lipinski definition) is 1. The van der Waals surface area contributed by atoms with Gasteiger partial charge in [0.1, 0.15) is 5.75 Å². The predicted molar refractivity (Wildman–Crippen MR) is 86.2 cm³/mol. The molecule has 0 unspecified atom stereocenters. The lowest BCUT2D eigenvalue weighted by molar-refractivity contribution is -0.127. The fourth-order valence-corrected chi connectivity index (χ4v) is 2.46. The largest absolute Gasteiger partial charge is 0.481 e. The van der Waals surface area contributed by atoms with E-state index in [-0.39, 0.29) is 5.91 Å². The highest BCUT2D eigenvalue weighted by molar-refractivity contribution is 5.80. The molecule has 1 amide bonds. The van der Waals surface area contributed by atoms with Gasteiger partial charge in [-0.05, 0) is 25.0 Å². The van der Waals surface area contributed by atoms with E-state index in [4.69, 9.17) is 9.47 Å². The van der Waals surface area contributed by atoms with Gasteiger partial charge in [0, 0.05) is 26.2 Å². The van der Waals surface area contributed by atoms with Gasteiger partial charge in [0.05, 0.1) is 13.2 Å². The van der Waals surface area contributed by atoms with Crippen LogP contribution in [0, 0.1) is 0 Å². The monoisotopic (exact) mass is 306 g/mol. The van der Waals surface area contributed by atoms with E-state index in [2.05, 4.69) is 17.1 Å². The Hall–Kier alpha value is -1.59. The third-order valence-electron chi connectivity index (χ3n) is 3.86. The van der Waals surface area contributed by atoms with Gasteiger partial charge in [0.25, 0.3) is 5.91 Å². The van der Waals surface area contributed by atoms with E-state index in [0.29, 0.717) is 6.54 Å². The van der Waals surface area contributed by atoms with E-state index >= 15 is 0 Å². The van der Waals surface area contributed by atoms with Gasteiger partial charge in [-0.1, -0.05) is 25.1 Å². The average molecular weight is 306 g/mol. The van der Waals surface area contributed by atoms with Crippen molar-refractivity contribution >= 4 is 5.91 Å². The summed E-state index contributed by atoms with van der Waals surface area (Å²) in [7, 11) is 0. The van der Waals surface area contributed by atoms with Gasteiger partial charge >= 0.3 is 0 Å². The number of para-hydroxylation sites is 1. The molecule has 0 saturated carbocycles. The number of nitrogens with zero attached hydrogens (tertiary/aromatic N) is 1. The molecule has 1 aromatic rings. The Bertz CT molecular complexity index is 473. The first-order valence-corrected chi connectivity index (χ1v) is 8.03. The summed E-state index contributed by atoms with van der Waals surface area (Å²) in [6.45, 7) is 8.79. The molecule has 1 aliphatic heterocycles. The molecule has 0 bridgehead atoms. The quantitative estimate of drug-likeness (QED) is 0.829. The summed E-state index contributed by atoms with van der Waals surface area (Å²) < 4.78 is 11.1. The topological polar surface area (TPSA) is 50.8 Å². The lowest BCUT2D eigenvalue weighted by Gasteiger charge is -2.26. The van der Waals surface area contributed by atoms with Crippen molar-refractivity contribution < 1.29 is 14.3 Å². The van der Waals surface area contributed by atoms with Gasteiger partial charge in [0.2, 0.25) is 0 Å². The first kappa shape index (κ1) is 16.8. The fourth-order valence-electron chi connectivity index (χ4n) is 2.46. The van der Waals surface area contributed by atoms with Crippen LogP contribution in [-0.2, 0) is 16.0 Å². The van der Waals surface area contributed by atoms with Crippen molar-refractivity contribution in [3.05, 3.63) is 29.8 Å². The second-order valence-corrected chi connectivity index (χ2v) is 5.47. The number of rotatable bonds is 7. The summed E-state index contributed by atoms with van der Waals surface area (Å²) in [6.07, 6.45) is 0.402. The summed E-state index contributed by atoms with van der Waals surface area (Å²) >= 11 is 0. The molecule has 1 N–H and O–H groups in total. The number of aryl methyl sites for hydroxylation is 1. The van der Waals surface area contributed by atoms with E-state index in [1.165, 1.54) is 0 Å². The highest BCUT2D eigenvalue weighted by Gasteiger charge is 2.16. The Morgan fingerprint density at radius 3 is 2.82 bits per heavy atom. The minimum atomic E-state index is -0.489. The van der Waals surface area contributed by atoms with Crippen LogP contribution in [0.15, 0.2) is 24.3 Å². The highest BCUT2D eigenvalue weighted by atomic mass is 16.5. The first-order chi connectivity index (χ1) is 10.7. The van der Waals surface area contributed by atoms with Crippen molar-refractivity contribution in [2.24, 2.45) is 0 Å². The molecule has 5 nitrogen and oxygen atoms in total. The lowest BCUT2D eigenvalue weighted by Crippen LogP contribution is -2.44. The van der Waals surface area contributed by atoms with Gasteiger partial charge in [-0.25, -0.2) is 0 Å². The Kier molecular flexibility index (Phi) is 6.68. The van der Waals surface area contributed by atoms with E-state index in [9.17, 15) is 4.79 Å². The van der Waals surface area contributed by atoms with Crippen molar-refractivity contribution in [3.8, 4) is 5.75 Å². The summed E-state index contributed by atoms with van der Waals surface area (Å²) in [5, 5.41) is 2.94. The third kappa shape index (κ3) is 5.00. The van der Waals surface area contributed by atoms with Crippen LogP contribution in [-0.4, -0.2) is 56.3 Å². The summed E-state index contributed by atoms with van der Waals surface area (Å²) in [5.41, 5.74) is 1.12. The Labute approximate surface area is 132 Å². The highest BCUT2D eigenvalue weighted by Crippen LogP contribution is 2.19. The molecule has 1 heterocycles. The van der Waals surface area contributed by atoms with Crippen LogP contribution in [0.25, 0.3) is 0 Å². The Morgan fingerprint density at radius 2 is 2.09 bits per heavy atom. The van der Waals surface area contributed by atoms with Crippen LogP contribution < -0.4 is 10.1 Å². The molecule has 1 atom stereocenters. The third-order valence-corrected chi connectivity index (χ3v) is 3.86. The summed E-state index contributed by atoms with van der Waals surface area (Å²) in [5.74, 6) is 0.722. The predicted octanol–water partition coefficient (Wildman–Crippen LogP) is 1.46. The van der Waals surface area contributed by atoms with E-state index in [1.807, 2.05) is 24.3 Å². The summed E-state index contributed by atoms with van der Waals surface area (Å²) in [4.78, 5) is 14.4. The molecule has 1 fully saturated rings. The van der Waals surface area contributed by atoms with Crippen LogP contribution in [0.4, 0.5) is 0 Å². The maximum atomic E-state index is 12.1. The van der Waals surface area contributed by atoms with Crippen LogP contribution in [0.3, 0.4) is 0 Å². The van der Waals surface area contributed by atoms with Crippen LogP contribution >= 0.6 is 0 Å². The number of nitrogens with one attached hydrogen (secondary N) is 1. The van der Waals surface area contributed by atoms with Crippen molar-refractivity contribution in [1.29, 1.82) is 0 Å². The molecule has 5 heteroatoms. The van der Waals surface area contributed by atoms with Gasteiger partial charge < -0.3 is 14.8 Å². The molecule has 122 valence electrons. The van der Waals surface area contributed by atoms with Gasteiger partial charge in [-0.3, -0.25) is 9.69 Å². The fraction of sp³-hybridized carbons (Fsp3) is 0.588. The molecule has 1 aliphatic rings. The van der Waals surface area contributed by atoms with Crippen molar-refractivity contribution in [3.63, 3.8) is 0 Å². The molecular weight excluding hydrogens is 280 g/mol.